The third-order valence-corrected chi connectivity index (χ3v) is 4.28. The van der Waals surface area contributed by atoms with Crippen LogP contribution in [0.2, 0.25) is 0 Å². The van der Waals surface area contributed by atoms with E-state index in [1.807, 2.05) is 49.4 Å². The molecule has 0 unspecified atom stereocenters. The van der Waals surface area contributed by atoms with Crippen molar-refractivity contribution in [3.05, 3.63) is 65.4 Å². The molecular weight excluding hydrogens is 314 g/mol. The Morgan fingerprint density at radius 2 is 1.96 bits per heavy atom. The Morgan fingerprint density at radius 3 is 2.68 bits per heavy atom. The highest BCUT2D eigenvalue weighted by molar-refractivity contribution is 6.02. The fourth-order valence-corrected chi connectivity index (χ4v) is 2.96. The lowest BCUT2D eigenvalue weighted by molar-refractivity contribution is 0.0842. The second-order valence-corrected chi connectivity index (χ2v) is 6.47. The van der Waals surface area contributed by atoms with Crippen LogP contribution in [0.5, 0.6) is 5.75 Å². The number of nitrogens with zero attached hydrogens (tertiary/aromatic N) is 1. The normalized spacial score (nSPS) is 11.0. The van der Waals surface area contributed by atoms with Gasteiger partial charge in [-0.3, -0.25) is 14.2 Å². The van der Waals surface area contributed by atoms with E-state index >= 15 is 0 Å². The molecule has 1 heterocycles. The molecule has 0 aliphatic carbocycles. The van der Waals surface area contributed by atoms with Crippen molar-refractivity contribution in [1.29, 1.82) is 0 Å². The van der Waals surface area contributed by atoms with Gasteiger partial charge in [0.15, 0.2) is 12.9 Å². The maximum absolute atomic E-state index is 12.6. The van der Waals surface area contributed by atoms with Crippen LogP contribution in [-0.2, 0) is 0 Å². The second-order valence-electron chi connectivity index (χ2n) is 6.47. The first-order valence-corrected chi connectivity index (χ1v) is 8.33. The smallest absolute Gasteiger partial charge is 0.269 e. The van der Waals surface area contributed by atoms with E-state index < -0.39 is 0 Å². The van der Waals surface area contributed by atoms with E-state index in [2.05, 4.69) is 13.8 Å². The van der Waals surface area contributed by atoms with Crippen LogP contribution >= 0.6 is 0 Å². The second kappa shape index (κ2) is 6.93. The topological polar surface area (TPSA) is 48.3 Å². The van der Waals surface area contributed by atoms with Gasteiger partial charge in [-0.05, 0) is 36.1 Å². The van der Waals surface area contributed by atoms with Crippen LogP contribution < -0.4 is 4.74 Å². The van der Waals surface area contributed by atoms with E-state index in [0.29, 0.717) is 17.0 Å². The van der Waals surface area contributed by atoms with Crippen LogP contribution in [0.15, 0.2) is 48.7 Å². The molecule has 0 N–H and O–H groups in total. The van der Waals surface area contributed by atoms with Crippen molar-refractivity contribution >= 4 is 23.1 Å². The maximum atomic E-state index is 12.6. The summed E-state index contributed by atoms with van der Waals surface area (Å²) < 4.78 is 7.32. The first-order chi connectivity index (χ1) is 12.0. The third-order valence-electron chi connectivity index (χ3n) is 4.28. The van der Waals surface area contributed by atoms with Gasteiger partial charge in [-0.25, -0.2) is 0 Å². The molecule has 0 saturated carbocycles. The zero-order valence-corrected chi connectivity index (χ0v) is 14.7. The summed E-state index contributed by atoms with van der Waals surface area (Å²) in [6, 6.07) is 13.4. The molecule has 0 amide bonds. The molecule has 0 atom stereocenters. The molecule has 0 aliphatic rings. The number of aromatic nitrogens is 1. The van der Waals surface area contributed by atoms with Gasteiger partial charge in [0.2, 0.25) is 0 Å². The van der Waals surface area contributed by atoms with E-state index in [4.69, 9.17) is 4.74 Å². The van der Waals surface area contributed by atoms with Crippen LogP contribution in [0, 0.1) is 6.92 Å². The number of aryl methyl sites for hydroxylation is 1. The fourth-order valence-electron chi connectivity index (χ4n) is 2.96. The van der Waals surface area contributed by atoms with Gasteiger partial charge >= 0.3 is 0 Å². The number of para-hydroxylation sites is 1. The van der Waals surface area contributed by atoms with Crippen molar-refractivity contribution in [3.63, 3.8) is 0 Å². The Morgan fingerprint density at radius 1 is 1.20 bits per heavy atom. The minimum atomic E-state index is -0.208. The largest absolute Gasteiger partial charge is 0.483 e. The Balaban J connectivity index is 1.87. The number of benzene rings is 2. The summed E-state index contributed by atoms with van der Waals surface area (Å²) in [7, 11) is 0. The van der Waals surface area contributed by atoms with Crippen molar-refractivity contribution in [2.75, 3.05) is 6.61 Å². The number of ether oxygens (including phenoxy) is 1. The number of carbonyl (C=O) groups excluding carboxylic acids is 2. The summed E-state index contributed by atoms with van der Waals surface area (Å²) in [4.78, 5) is 23.9. The summed E-state index contributed by atoms with van der Waals surface area (Å²) in [6.45, 7) is 6.10. The highest BCUT2D eigenvalue weighted by Crippen LogP contribution is 2.27. The minimum absolute atomic E-state index is 0.0832. The lowest BCUT2D eigenvalue weighted by Gasteiger charge is -2.14. The summed E-state index contributed by atoms with van der Waals surface area (Å²) >= 11 is 0. The first kappa shape index (κ1) is 17.0. The maximum Gasteiger partial charge on any atom is 0.269 e. The van der Waals surface area contributed by atoms with Crippen LogP contribution in [-0.4, -0.2) is 23.4 Å². The Kier molecular flexibility index (Phi) is 4.70. The van der Waals surface area contributed by atoms with Gasteiger partial charge in [-0.1, -0.05) is 44.2 Å². The molecule has 0 fully saturated rings. The Bertz CT molecular complexity index is 937. The molecule has 3 rings (SSSR count). The van der Waals surface area contributed by atoms with Crippen molar-refractivity contribution in [3.8, 4) is 5.75 Å². The SMILES string of the molecule is Cc1ccc(C(C)C)c(OCC(=O)n2cc(C=O)c3ccccc32)c1. The van der Waals surface area contributed by atoms with Crippen LogP contribution in [0.3, 0.4) is 0 Å². The molecule has 1 aromatic heterocycles. The van der Waals surface area contributed by atoms with E-state index in [1.165, 1.54) is 4.57 Å². The summed E-state index contributed by atoms with van der Waals surface area (Å²) in [5.41, 5.74) is 3.37. The molecule has 25 heavy (non-hydrogen) atoms. The molecule has 0 spiro atoms. The Labute approximate surface area is 147 Å². The van der Waals surface area contributed by atoms with Crippen molar-refractivity contribution in [2.45, 2.75) is 26.7 Å². The van der Waals surface area contributed by atoms with Crippen molar-refractivity contribution in [1.82, 2.24) is 4.57 Å². The Hall–Kier alpha value is -2.88. The van der Waals surface area contributed by atoms with Gasteiger partial charge in [0.25, 0.3) is 5.91 Å². The molecular formula is C21H21NO3. The highest BCUT2D eigenvalue weighted by atomic mass is 16.5. The van der Waals surface area contributed by atoms with E-state index in [9.17, 15) is 9.59 Å². The predicted octanol–water partition coefficient (Wildman–Crippen LogP) is 4.60. The first-order valence-electron chi connectivity index (χ1n) is 8.33. The average Bonchev–Trinajstić information content (AvgIpc) is 2.98. The summed E-state index contributed by atoms with van der Waals surface area (Å²) in [6.07, 6.45) is 2.34. The number of carbonyl (C=O) groups is 2. The van der Waals surface area contributed by atoms with E-state index in [-0.39, 0.29) is 12.5 Å². The molecule has 0 bridgehead atoms. The molecule has 2 aromatic carbocycles. The molecule has 4 nitrogen and oxygen atoms in total. The summed E-state index contributed by atoms with van der Waals surface area (Å²) in [5, 5.41) is 0.768. The van der Waals surface area contributed by atoms with Crippen molar-refractivity contribution in [2.24, 2.45) is 0 Å². The number of fused-ring (bicyclic) bond motifs is 1. The fraction of sp³-hybridized carbons (Fsp3) is 0.238. The monoisotopic (exact) mass is 335 g/mol. The molecule has 0 saturated heterocycles. The molecule has 3 aromatic rings. The van der Waals surface area contributed by atoms with Gasteiger partial charge in [0, 0.05) is 17.1 Å². The van der Waals surface area contributed by atoms with Gasteiger partial charge in [0.05, 0.1) is 5.52 Å². The van der Waals surface area contributed by atoms with Gasteiger partial charge in [0.1, 0.15) is 5.75 Å². The number of hydrogen-bond acceptors (Lipinski definition) is 3. The number of rotatable bonds is 5. The summed E-state index contributed by atoms with van der Waals surface area (Å²) in [5.74, 6) is 0.829. The van der Waals surface area contributed by atoms with Crippen molar-refractivity contribution < 1.29 is 14.3 Å². The highest BCUT2D eigenvalue weighted by Gasteiger charge is 2.15. The van der Waals surface area contributed by atoms with Crippen LogP contribution in [0.4, 0.5) is 0 Å². The van der Waals surface area contributed by atoms with Gasteiger partial charge in [-0.15, -0.1) is 0 Å². The van der Waals surface area contributed by atoms with Crippen LogP contribution in [0.1, 0.15) is 46.0 Å². The zero-order valence-electron chi connectivity index (χ0n) is 14.7. The predicted molar refractivity (Wildman–Crippen MR) is 98.7 cm³/mol. The lowest BCUT2D eigenvalue weighted by atomic mass is 10.0. The van der Waals surface area contributed by atoms with E-state index in [0.717, 1.165) is 28.5 Å². The van der Waals surface area contributed by atoms with E-state index in [1.54, 1.807) is 6.20 Å². The lowest BCUT2D eigenvalue weighted by Crippen LogP contribution is -2.19. The average molecular weight is 335 g/mol. The van der Waals surface area contributed by atoms with Gasteiger partial charge < -0.3 is 4.74 Å². The molecule has 128 valence electrons. The number of aldehydes is 1. The number of hydrogen-bond donors (Lipinski definition) is 0. The zero-order chi connectivity index (χ0) is 18.0. The molecule has 0 radical (unpaired) electrons. The van der Waals surface area contributed by atoms with Gasteiger partial charge in [-0.2, -0.15) is 0 Å². The molecule has 0 aliphatic heterocycles. The minimum Gasteiger partial charge on any atom is -0.483 e. The standard InChI is InChI=1S/C21H21NO3/c1-14(2)17-9-8-15(3)10-20(17)25-13-21(24)22-11-16(12-23)18-6-4-5-7-19(18)22/h4-12,14H,13H2,1-3H3. The van der Waals surface area contributed by atoms with Crippen LogP contribution in [0.25, 0.3) is 10.9 Å². The third kappa shape index (κ3) is 3.33. The quantitative estimate of drug-likeness (QED) is 0.640. The molecule has 4 heteroatoms.